The molecule has 0 aliphatic heterocycles. The van der Waals surface area contributed by atoms with Crippen LogP contribution in [0.1, 0.15) is 44.2 Å². The monoisotopic (exact) mass is 596 g/mol. The molecule has 2 aromatic rings. The Labute approximate surface area is 251 Å². The average molecular weight is 597 g/mol. The van der Waals surface area contributed by atoms with Crippen molar-refractivity contribution in [3.05, 3.63) is 65.7 Å². The number of carbonyl (C=O) groups excluding carboxylic acids is 4. The second kappa shape index (κ2) is 17.3. The zero-order chi connectivity index (χ0) is 31.9. The van der Waals surface area contributed by atoms with Crippen LogP contribution >= 0.6 is 0 Å². The first-order valence-corrected chi connectivity index (χ1v) is 14.2. The number of benzene rings is 2. The van der Waals surface area contributed by atoms with E-state index in [0.29, 0.717) is 12.8 Å². The Morgan fingerprint density at radius 2 is 1.42 bits per heavy atom. The van der Waals surface area contributed by atoms with E-state index in [1.165, 1.54) is 12.1 Å². The van der Waals surface area contributed by atoms with Gasteiger partial charge in [0, 0.05) is 13.0 Å². The zero-order valence-electron chi connectivity index (χ0n) is 24.7. The lowest BCUT2D eigenvalue weighted by atomic mass is 9.96. The van der Waals surface area contributed by atoms with Gasteiger partial charge >= 0.3 is 0 Å². The maximum absolute atomic E-state index is 13.5. The number of phenolic OH excluding ortho intramolecular Hbond substituents is 1. The van der Waals surface area contributed by atoms with Crippen molar-refractivity contribution in [2.24, 2.45) is 33.8 Å². The van der Waals surface area contributed by atoms with Crippen LogP contribution in [0.3, 0.4) is 0 Å². The molecule has 0 radical (unpaired) electrons. The lowest BCUT2D eigenvalue weighted by molar-refractivity contribution is -0.134. The summed E-state index contributed by atoms with van der Waals surface area (Å²) in [6.45, 7) is 3.88. The van der Waals surface area contributed by atoms with Crippen molar-refractivity contribution in [1.29, 1.82) is 0 Å². The summed E-state index contributed by atoms with van der Waals surface area (Å²) in [6, 6.07) is 11.3. The van der Waals surface area contributed by atoms with Gasteiger partial charge in [0.25, 0.3) is 0 Å². The molecule has 2 rings (SSSR count). The molecule has 0 unspecified atom stereocenters. The third kappa shape index (κ3) is 12.0. The summed E-state index contributed by atoms with van der Waals surface area (Å²) in [4.78, 5) is 56.0. The predicted molar refractivity (Wildman–Crippen MR) is 164 cm³/mol. The Bertz CT molecular complexity index is 1230. The maximum atomic E-state index is 13.5. The SMILES string of the molecule is CC[C@H](C)[C@H](NC(=O)[C@@H](N)Cc1ccc(O)cc1)C(=O)N[C@@H](CCCN=C(N)N)C(=O)N[C@@H](Cc1ccccc1)C(N)=O. The number of nitrogens with one attached hydrogen (secondary N) is 3. The van der Waals surface area contributed by atoms with Crippen molar-refractivity contribution in [2.45, 2.75) is 70.1 Å². The number of nitrogens with zero attached hydrogens (tertiary/aromatic N) is 1. The molecule has 4 amide bonds. The number of primary amides is 1. The van der Waals surface area contributed by atoms with Crippen LogP contribution in [0.2, 0.25) is 0 Å². The third-order valence-corrected chi connectivity index (χ3v) is 7.04. The summed E-state index contributed by atoms with van der Waals surface area (Å²) in [7, 11) is 0. The number of nitrogens with two attached hydrogens (primary N) is 4. The predicted octanol–water partition coefficient (Wildman–Crippen LogP) is -0.456. The number of carbonyl (C=O) groups is 4. The van der Waals surface area contributed by atoms with Gasteiger partial charge < -0.3 is 44.0 Å². The molecule has 0 aromatic heterocycles. The first-order chi connectivity index (χ1) is 20.4. The summed E-state index contributed by atoms with van der Waals surface area (Å²) >= 11 is 0. The summed E-state index contributed by atoms with van der Waals surface area (Å²) in [5.41, 5.74) is 24.1. The highest BCUT2D eigenvalue weighted by molar-refractivity contribution is 5.94. The lowest BCUT2D eigenvalue weighted by Gasteiger charge is -2.28. The topological polar surface area (TPSA) is 241 Å². The van der Waals surface area contributed by atoms with Crippen LogP contribution in [0.15, 0.2) is 59.6 Å². The molecule has 0 aliphatic carbocycles. The van der Waals surface area contributed by atoms with E-state index in [4.69, 9.17) is 22.9 Å². The molecule has 2 aromatic carbocycles. The van der Waals surface area contributed by atoms with E-state index in [-0.39, 0.29) is 43.4 Å². The average Bonchev–Trinajstić information content (AvgIpc) is 2.97. The van der Waals surface area contributed by atoms with E-state index in [2.05, 4.69) is 20.9 Å². The molecule has 0 bridgehead atoms. The molecular weight excluding hydrogens is 552 g/mol. The van der Waals surface area contributed by atoms with Gasteiger partial charge in [-0.25, -0.2) is 0 Å². The highest BCUT2D eigenvalue weighted by atomic mass is 16.3. The molecular formula is C30H44N8O5. The second-order valence-corrected chi connectivity index (χ2v) is 10.5. The second-order valence-electron chi connectivity index (χ2n) is 10.5. The van der Waals surface area contributed by atoms with Crippen LogP contribution in [-0.4, -0.2) is 65.4 Å². The first kappa shape index (κ1) is 34.6. The number of hydrogen-bond acceptors (Lipinski definition) is 7. The summed E-state index contributed by atoms with van der Waals surface area (Å²) in [6.07, 6.45) is 1.39. The molecule has 0 saturated heterocycles. The van der Waals surface area contributed by atoms with E-state index in [1.807, 2.05) is 37.3 Å². The maximum Gasteiger partial charge on any atom is 0.243 e. The minimum absolute atomic E-state index is 0.0920. The van der Waals surface area contributed by atoms with E-state index < -0.39 is 47.8 Å². The summed E-state index contributed by atoms with van der Waals surface area (Å²) in [5.74, 6) is -2.78. The minimum Gasteiger partial charge on any atom is -0.508 e. The van der Waals surface area contributed by atoms with Crippen molar-refractivity contribution in [2.75, 3.05) is 6.54 Å². The van der Waals surface area contributed by atoms with Gasteiger partial charge in [0.05, 0.1) is 6.04 Å². The van der Waals surface area contributed by atoms with Gasteiger partial charge in [0.15, 0.2) is 5.96 Å². The molecule has 12 N–H and O–H groups in total. The smallest absolute Gasteiger partial charge is 0.243 e. The van der Waals surface area contributed by atoms with Crippen LogP contribution in [0.5, 0.6) is 5.75 Å². The fraction of sp³-hybridized carbons (Fsp3) is 0.433. The van der Waals surface area contributed by atoms with Crippen LogP contribution < -0.4 is 38.9 Å². The highest BCUT2D eigenvalue weighted by Gasteiger charge is 2.32. The Morgan fingerprint density at radius 3 is 2.00 bits per heavy atom. The van der Waals surface area contributed by atoms with Gasteiger partial charge in [0.2, 0.25) is 23.6 Å². The van der Waals surface area contributed by atoms with E-state index in [0.717, 1.165) is 11.1 Å². The highest BCUT2D eigenvalue weighted by Crippen LogP contribution is 2.13. The molecule has 0 fully saturated rings. The van der Waals surface area contributed by atoms with Crippen LogP contribution in [0, 0.1) is 5.92 Å². The van der Waals surface area contributed by atoms with Gasteiger partial charge in [0.1, 0.15) is 23.9 Å². The quantitative estimate of drug-likeness (QED) is 0.0673. The van der Waals surface area contributed by atoms with Gasteiger partial charge in [-0.15, -0.1) is 0 Å². The number of rotatable bonds is 17. The number of amides is 4. The van der Waals surface area contributed by atoms with Crippen molar-refractivity contribution in [3.63, 3.8) is 0 Å². The Kier molecular flexibility index (Phi) is 13.9. The number of hydrogen-bond donors (Lipinski definition) is 8. The Morgan fingerprint density at radius 1 is 0.814 bits per heavy atom. The van der Waals surface area contributed by atoms with Gasteiger partial charge in [-0.3, -0.25) is 24.2 Å². The standard InChI is InChI=1S/C30H44N8O5/c1-3-18(2)25(38-27(41)22(31)16-20-11-13-21(39)14-12-20)29(43)36-23(10-7-15-35-30(33)34)28(42)37-24(26(32)40)17-19-8-5-4-6-9-19/h4-6,8-9,11-14,18,22-25,39H,3,7,10,15-17,31H2,1-2H3,(H2,32,40)(H,36,43)(H,37,42)(H,38,41)(H4,33,34,35)/t18-,22-,23-,24-,25-/m0/s1. The number of guanidine groups is 1. The normalized spacial score (nSPS) is 14.3. The van der Waals surface area contributed by atoms with Crippen molar-refractivity contribution >= 4 is 29.6 Å². The third-order valence-electron chi connectivity index (χ3n) is 7.04. The van der Waals surface area contributed by atoms with Crippen LogP contribution in [-0.2, 0) is 32.0 Å². The number of aromatic hydroxyl groups is 1. The Hall–Kier alpha value is -4.65. The zero-order valence-corrected chi connectivity index (χ0v) is 24.7. The molecule has 13 nitrogen and oxygen atoms in total. The molecule has 5 atom stereocenters. The minimum atomic E-state index is -1.08. The fourth-order valence-electron chi connectivity index (χ4n) is 4.32. The number of aliphatic imine (C=N–C) groups is 1. The van der Waals surface area contributed by atoms with Crippen molar-refractivity contribution in [1.82, 2.24) is 16.0 Å². The van der Waals surface area contributed by atoms with E-state index in [1.54, 1.807) is 19.1 Å². The van der Waals surface area contributed by atoms with E-state index in [9.17, 15) is 24.3 Å². The molecule has 43 heavy (non-hydrogen) atoms. The van der Waals surface area contributed by atoms with Crippen LogP contribution in [0.25, 0.3) is 0 Å². The molecule has 0 saturated carbocycles. The van der Waals surface area contributed by atoms with Gasteiger partial charge in [-0.2, -0.15) is 0 Å². The molecule has 0 aliphatic rings. The summed E-state index contributed by atoms with van der Waals surface area (Å²) in [5, 5.41) is 17.6. The molecule has 0 spiro atoms. The lowest BCUT2D eigenvalue weighted by Crippen LogP contribution is -2.59. The first-order valence-electron chi connectivity index (χ1n) is 14.2. The molecule has 0 heterocycles. The molecule has 234 valence electrons. The number of phenols is 1. The van der Waals surface area contributed by atoms with Gasteiger partial charge in [-0.05, 0) is 48.4 Å². The molecule has 13 heteroatoms. The Balaban J connectivity index is 2.18. The van der Waals surface area contributed by atoms with Gasteiger partial charge in [-0.1, -0.05) is 62.7 Å². The van der Waals surface area contributed by atoms with E-state index >= 15 is 0 Å². The largest absolute Gasteiger partial charge is 0.508 e. The van der Waals surface area contributed by atoms with Crippen molar-refractivity contribution < 1.29 is 24.3 Å². The fourth-order valence-corrected chi connectivity index (χ4v) is 4.32. The van der Waals surface area contributed by atoms with Crippen molar-refractivity contribution in [3.8, 4) is 5.75 Å². The van der Waals surface area contributed by atoms with Crippen LogP contribution in [0.4, 0.5) is 0 Å². The summed E-state index contributed by atoms with van der Waals surface area (Å²) < 4.78 is 0.